The maximum absolute atomic E-state index is 6.42. The molecule has 1 fully saturated rings. The van der Waals surface area contributed by atoms with E-state index in [4.69, 9.17) is 5.73 Å². The molecule has 0 bridgehead atoms. The molecule has 0 radical (unpaired) electrons. The van der Waals surface area contributed by atoms with Gasteiger partial charge in [0.2, 0.25) is 0 Å². The first-order valence-corrected chi connectivity index (χ1v) is 7.18. The molecular weight excluding hydrogens is 220 g/mol. The van der Waals surface area contributed by atoms with Gasteiger partial charge >= 0.3 is 0 Å². The summed E-state index contributed by atoms with van der Waals surface area (Å²) in [5, 5.41) is 0. The average molecular weight is 246 g/mol. The number of nitrogens with zero attached hydrogens (tertiary/aromatic N) is 1. The predicted octanol–water partition coefficient (Wildman–Crippen LogP) is 3.18. The first-order chi connectivity index (χ1) is 8.61. The van der Waals surface area contributed by atoms with E-state index in [9.17, 15) is 0 Å². The van der Waals surface area contributed by atoms with Crippen LogP contribution in [0.2, 0.25) is 0 Å². The zero-order chi connectivity index (χ0) is 13.1. The second-order valence-electron chi connectivity index (χ2n) is 5.67. The van der Waals surface area contributed by atoms with Gasteiger partial charge in [-0.05, 0) is 50.8 Å². The van der Waals surface area contributed by atoms with Crippen molar-refractivity contribution in [1.82, 2.24) is 4.90 Å². The Balaban J connectivity index is 2.07. The van der Waals surface area contributed by atoms with Gasteiger partial charge in [-0.2, -0.15) is 0 Å². The van der Waals surface area contributed by atoms with Gasteiger partial charge in [-0.1, -0.05) is 30.7 Å². The first kappa shape index (κ1) is 13.6. The van der Waals surface area contributed by atoms with E-state index in [0.717, 1.165) is 12.6 Å². The Morgan fingerprint density at radius 1 is 1.39 bits per heavy atom. The van der Waals surface area contributed by atoms with Crippen molar-refractivity contribution in [1.29, 1.82) is 0 Å². The number of rotatable bonds is 4. The highest BCUT2D eigenvalue weighted by molar-refractivity contribution is 5.33. The molecule has 2 heteroatoms. The van der Waals surface area contributed by atoms with Gasteiger partial charge in [-0.15, -0.1) is 0 Å². The summed E-state index contributed by atoms with van der Waals surface area (Å²) in [5.74, 6) is 0. The van der Waals surface area contributed by atoms with E-state index in [-0.39, 0.29) is 6.04 Å². The molecule has 0 aromatic heterocycles. The Hall–Kier alpha value is -0.860. The van der Waals surface area contributed by atoms with Crippen LogP contribution in [-0.4, -0.2) is 24.0 Å². The smallest absolute Gasteiger partial charge is 0.0427 e. The lowest BCUT2D eigenvalue weighted by Crippen LogP contribution is -2.35. The largest absolute Gasteiger partial charge is 0.323 e. The normalized spacial score (nSPS) is 22.3. The molecule has 1 aliphatic heterocycles. The molecule has 2 unspecified atom stereocenters. The second kappa shape index (κ2) is 5.85. The van der Waals surface area contributed by atoms with Crippen LogP contribution < -0.4 is 5.73 Å². The Morgan fingerprint density at radius 3 is 2.89 bits per heavy atom. The van der Waals surface area contributed by atoms with Gasteiger partial charge in [0.1, 0.15) is 0 Å². The number of nitrogens with two attached hydrogens (primary N) is 1. The molecule has 1 heterocycles. The van der Waals surface area contributed by atoms with Crippen molar-refractivity contribution < 1.29 is 0 Å². The molecule has 0 saturated carbocycles. The third-order valence-corrected chi connectivity index (χ3v) is 4.24. The quantitative estimate of drug-likeness (QED) is 0.884. The summed E-state index contributed by atoms with van der Waals surface area (Å²) in [6.45, 7) is 8.81. The molecule has 0 aliphatic carbocycles. The molecule has 1 aromatic carbocycles. The molecule has 100 valence electrons. The fourth-order valence-corrected chi connectivity index (χ4v) is 3.11. The monoisotopic (exact) mass is 246 g/mol. The Labute approximate surface area is 111 Å². The second-order valence-corrected chi connectivity index (χ2v) is 5.67. The number of likely N-dealkylation sites (tertiary alicyclic amines) is 1. The van der Waals surface area contributed by atoms with E-state index in [1.165, 1.54) is 42.5 Å². The zero-order valence-electron chi connectivity index (χ0n) is 11.9. The van der Waals surface area contributed by atoms with E-state index in [1.54, 1.807) is 0 Å². The summed E-state index contributed by atoms with van der Waals surface area (Å²) in [4.78, 5) is 2.58. The maximum Gasteiger partial charge on any atom is 0.0427 e. The number of hydrogen-bond donors (Lipinski definition) is 1. The molecule has 0 spiro atoms. The highest BCUT2D eigenvalue weighted by atomic mass is 15.2. The summed E-state index contributed by atoms with van der Waals surface area (Å²) in [6.07, 6.45) is 3.92. The highest BCUT2D eigenvalue weighted by Gasteiger charge is 2.25. The van der Waals surface area contributed by atoms with Crippen molar-refractivity contribution in [2.24, 2.45) is 5.73 Å². The van der Waals surface area contributed by atoms with Crippen LogP contribution in [0.15, 0.2) is 18.2 Å². The van der Waals surface area contributed by atoms with E-state index in [2.05, 4.69) is 43.9 Å². The van der Waals surface area contributed by atoms with Crippen LogP contribution in [-0.2, 0) is 0 Å². The minimum Gasteiger partial charge on any atom is -0.323 e. The van der Waals surface area contributed by atoms with E-state index >= 15 is 0 Å². The summed E-state index contributed by atoms with van der Waals surface area (Å²) in [7, 11) is 0. The van der Waals surface area contributed by atoms with Gasteiger partial charge in [0.25, 0.3) is 0 Å². The summed E-state index contributed by atoms with van der Waals surface area (Å²) < 4.78 is 0. The molecule has 2 nitrogen and oxygen atoms in total. The van der Waals surface area contributed by atoms with Crippen LogP contribution in [0.3, 0.4) is 0 Å². The van der Waals surface area contributed by atoms with Crippen LogP contribution in [0.4, 0.5) is 0 Å². The topological polar surface area (TPSA) is 29.3 Å². The van der Waals surface area contributed by atoms with Gasteiger partial charge < -0.3 is 5.73 Å². The zero-order valence-corrected chi connectivity index (χ0v) is 11.9. The van der Waals surface area contributed by atoms with Gasteiger partial charge in [0.05, 0.1) is 0 Å². The summed E-state index contributed by atoms with van der Waals surface area (Å²) >= 11 is 0. The van der Waals surface area contributed by atoms with Crippen molar-refractivity contribution in [2.45, 2.75) is 52.1 Å². The molecule has 1 aromatic rings. The van der Waals surface area contributed by atoms with E-state index in [1.807, 2.05) is 0 Å². The van der Waals surface area contributed by atoms with Crippen molar-refractivity contribution in [2.75, 3.05) is 13.1 Å². The Morgan fingerprint density at radius 2 is 2.17 bits per heavy atom. The average Bonchev–Trinajstić information content (AvgIpc) is 2.79. The van der Waals surface area contributed by atoms with Crippen LogP contribution >= 0.6 is 0 Å². The third-order valence-electron chi connectivity index (χ3n) is 4.24. The fourth-order valence-electron chi connectivity index (χ4n) is 3.11. The molecule has 2 atom stereocenters. The summed E-state index contributed by atoms with van der Waals surface area (Å²) in [5.41, 5.74) is 10.4. The number of benzene rings is 1. The lowest BCUT2D eigenvalue weighted by Gasteiger charge is -2.27. The van der Waals surface area contributed by atoms with Crippen LogP contribution in [0, 0.1) is 13.8 Å². The number of hydrogen-bond acceptors (Lipinski definition) is 2. The molecule has 0 amide bonds. The standard InChI is InChI=1S/C16H26N2/c1-4-14-6-5-9-18(14)11-16(17)15-10-12(2)7-8-13(15)3/h7-8,10,14,16H,4-6,9,11,17H2,1-3H3. The van der Waals surface area contributed by atoms with Gasteiger partial charge in [0.15, 0.2) is 0 Å². The van der Waals surface area contributed by atoms with Crippen molar-refractivity contribution >= 4 is 0 Å². The minimum absolute atomic E-state index is 0.150. The molecule has 1 saturated heterocycles. The number of aryl methyl sites for hydroxylation is 2. The molecule has 18 heavy (non-hydrogen) atoms. The van der Waals surface area contributed by atoms with Crippen molar-refractivity contribution in [3.05, 3.63) is 34.9 Å². The minimum atomic E-state index is 0.150. The maximum atomic E-state index is 6.42. The third kappa shape index (κ3) is 2.93. The predicted molar refractivity (Wildman–Crippen MR) is 77.7 cm³/mol. The summed E-state index contributed by atoms with van der Waals surface area (Å²) in [6, 6.07) is 7.50. The molecule has 2 N–H and O–H groups in total. The van der Waals surface area contributed by atoms with E-state index in [0.29, 0.717) is 0 Å². The van der Waals surface area contributed by atoms with Crippen molar-refractivity contribution in [3.8, 4) is 0 Å². The molecule has 2 rings (SSSR count). The van der Waals surface area contributed by atoms with Crippen LogP contribution in [0.25, 0.3) is 0 Å². The lowest BCUT2D eigenvalue weighted by atomic mass is 9.99. The highest BCUT2D eigenvalue weighted by Crippen LogP contribution is 2.24. The molecular formula is C16H26N2. The van der Waals surface area contributed by atoms with E-state index < -0.39 is 0 Å². The Kier molecular flexibility index (Phi) is 4.41. The van der Waals surface area contributed by atoms with Gasteiger partial charge in [-0.25, -0.2) is 0 Å². The SMILES string of the molecule is CCC1CCCN1CC(N)c1cc(C)ccc1C. The van der Waals surface area contributed by atoms with Gasteiger partial charge in [-0.3, -0.25) is 4.90 Å². The molecule has 1 aliphatic rings. The van der Waals surface area contributed by atoms with Crippen LogP contribution in [0.1, 0.15) is 48.9 Å². The van der Waals surface area contributed by atoms with Crippen molar-refractivity contribution in [3.63, 3.8) is 0 Å². The lowest BCUT2D eigenvalue weighted by molar-refractivity contribution is 0.234. The Bertz CT molecular complexity index is 400. The van der Waals surface area contributed by atoms with Crippen LogP contribution in [0.5, 0.6) is 0 Å². The fraction of sp³-hybridized carbons (Fsp3) is 0.625. The first-order valence-electron chi connectivity index (χ1n) is 7.18. The van der Waals surface area contributed by atoms with Gasteiger partial charge in [0, 0.05) is 18.6 Å².